The summed E-state index contributed by atoms with van der Waals surface area (Å²) in [6, 6.07) is 6.18. The molecular formula is C18H11Cl2F3N2O3S. The minimum Gasteiger partial charge on any atom is -0.480 e. The van der Waals surface area contributed by atoms with Gasteiger partial charge in [0.05, 0.1) is 20.8 Å². The van der Waals surface area contributed by atoms with Crippen molar-refractivity contribution in [3.63, 3.8) is 0 Å². The summed E-state index contributed by atoms with van der Waals surface area (Å²) < 4.78 is 40.8. The number of carboxylic acids is 1. The maximum Gasteiger partial charge on any atom is 0.416 e. The van der Waals surface area contributed by atoms with Crippen LogP contribution in [0.15, 0.2) is 41.4 Å². The fourth-order valence-electron chi connectivity index (χ4n) is 2.60. The fraction of sp³-hybridized carbons (Fsp3) is 0.167. The molecular weight excluding hydrogens is 452 g/mol. The van der Waals surface area contributed by atoms with Crippen molar-refractivity contribution in [3.8, 4) is 0 Å². The van der Waals surface area contributed by atoms with Gasteiger partial charge in [-0.3, -0.25) is 4.79 Å². The number of aliphatic carboxylic acids is 1. The molecule has 3 rings (SSSR count). The average Bonchev–Trinajstić information content (AvgIpc) is 2.98. The highest BCUT2D eigenvalue weighted by Crippen LogP contribution is 2.37. The molecule has 11 heteroatoms. The topological polar surface area (TPSA) is 71.7 Å². The van der Waals surface area contributed by atoms with Gasteiger partial charge in [-0.05, 0) is 37.3 Å². The van der Waals surface area contributed by atoms with Gasteiger partial charge in [-0.1, -0.05) is 40.6 Å². The van der Waals surface area contributed by atoms with E-state index in [-0.39, 0.29) is 25.6 Å². The second-order valence-corrected chi connectivity index (χ2v) is 7.82. The molecule has 29 heavy (non-hydrogen) atoms. The number of rotatable bonds is 3. The Morgan fingerprint density at radius 3 is 2.48 bits per heavy atom. The predicted molar refractivity (Wildman–Crippen MR) is 104 cm³/mol. The Bertz CT molecular complexity index is 1200. The summed E-state index contributed by atoms with van der Waals surface area (Å²) in [6.45, 7) is 1.27. The van der Waals surface area contributed by atoms with Crippen LogP contribution in [0.3, 0.4) is 0 Å². The molecule has 3 aromatic rings. The molecule has 1 atom stereocenters. The van der Waals surface area contributed by atoms with E-state index >= 15 is 0 Å². The number of alkyl halides is 3. The molecule has 1 aromatic heterocycles. The fourth-order valence-corrected chi connectivity index (χ4v) is 4.21. The Morgan fingerprint density at radius 1 is 1.21 bits per heavy atom. The second-order valence-electron chi connectivity index (χ2n) is 6.00. The van der Waals surface area contributed by atoms with Gasteiger partial charge in [-0.15, -0.1) is 0 Å². The number of benzene rings is 2. The van der Waals surface area contributed by atoms with E-state index in [2.05, 4.69) is 4.99 Å². The maximum atomic E-state index is 13.2. The summed E-state index contributed by atoms with van der Waals surface area (Å²) in [5.41, 5.74) is -0.971. The van der Waals surface area contributed by atoms with Crippen molar-refractivity contribution in [2.45, 2.75) is 19.1 Å². The Labute approximate surface area is 175 Å². The number of amides is 1. The largest absolute Gasteiger partial charge is 0.480 e. The molecule has 0 bridgehead atoms. The molecule has 0 aliphatic carbocycles. The van der Waals surface area contributed by atoms with E-state index in [9.17, 15) is 27.9 Å². The number of carbonyl (C=O) groups excluding carboxylic acids is 1. The molecule has 0 radical (unpaired) electrons. The molecule has 1 unspecified atom stereocenters. The van der Waals surface area contributed by atoms with E-state index in [1.807, 2.05) is 0 Å². The second kappa shape index (κ2) is 7.81. The van der Waals surface area contributed by atoms with E-state index < -0.39 is 29.7 Å². The van der Waals surface area contributed by atoms with Crippen molar-refractivity contribution < 1.29 is 27.9 Å². The molecule has 1 amide bonds. The quantitative estimate of drug-likeness (QED) is 0.565. The van der Waals surface area contributed by atoms with Crippen LogP contribution in [0.1, 0.15) is 28.9 Å². The number of hydrogen-bond acceptors (Lipinski definition) is 3. The van der Waals surface area contributed by atoms with Gasteiger partial charge in [0.25, 0.3) is 5.91 Å². The van der Waals surface area contributed by atoms with Gasteiger partial charge >= 0.3 is 12.1 Å². The number of carboxylic acid groups (broad SMARTS) is 1. The highest BCUT2D eigenvalue weighted by atomic mass is 35.5. The first-order valence-electron chi connectivity index (χ1n) is 7.98. The number of nitrogens with zero attached hydrogens (tertiary/aromatic N) is 2. The summed E-state index contributed by atoms with van der Waals surface area (Å²) in [4.78, 5) is 27.9. The normalized spacial score (nSPS) is 13.7. The number of fused-ring (bicyclic) bond motifs is 1. The van der Waals surface area contributed by atoms with Gasteiger partial charge in [-0.25, -0.2) is 4.79 Å². The first kappa shape index (κ1) is 21.4. The van der Waals surface area contributed by atoms with E-state index in [4.69, 9.17) is 23.2 Å². The molecule has 0 saturated heterocycles. The number of halogens is 5. The van der Waals surface area contributed by atoms with E-state index in [1.54, 1.807) is 6.07 Å². The number of hydrogen-bond donors (Lipinski definition) is 1. The standard InChI is InChI=1S/C18H11Cl2F3N2O3S/c1-8(16(27)28)25-13-7-10(18(21,22)23)6-12(20)14(13)29-17(25)24-15(26)9-3-2-4-11(19)5-9/h2-8H,1H3,(H,27,28). The number of aromatic nitrogens is 1. The first-order valence-corrected chi connectivity index (χ1v) is 9.55. The lowest BCUT2D eigenvalue weighted by atomic mass is 10.2. The average molecular weight is 463 g/mol. The molecule has 152 valence electrons. The summed E-state index contributed by atoms with van der Waals surface area (Å²) in [5, 5.41) is 9.49. The van der Waals surface area contributed by atoms with Crippen molar-refractivity contribution >= 4 is 56.6 Å². The third-order valence-corrected chi connectivity index (χ3v) is 5.77. The molecule has 0 saturated carbocycles. The van der Waals surface area contributed by atoms with Crippen molar-refractivity contribution in [2.75, 3.05) is 0 Å². The smallest absolute Gasteiger partial charge is 0.416 e. The van der Waals surface area contributed by atoms with Crippen molar-refractivity contribution in [1.29, 1.82) is 0 Å². The summed E-state index contributed by atoms with van der Waals surface area (Å²) in [6.07, 6.45) is -4.68. The van der Waals surface area contributed by atoms with Crippen molar-refractivity contribution in [1.82, 2.24) is 4.57 Å². The minimum atomic E-state index is -4.68. The lowest BCUT2D eigenvalue weighted by molar-refractivity contribution is -0.140. The van der Waals surface area contributed by atoms with Crippen LogP contribution in [-0.2, 0) is 11.0 Å². The monoisotopic (exact) mass is 462 g/mol. The lowest BCUT2D eigenvalue weighted by Gasteiger charge is -2.12. The minimum absolute atomic E-state index is 0.0811. The Balaban J connectivity index is 2.31. The molecule has 0 fully saturated rings. The van der Waals surface area contributed by atoms with E-state index in [0.717, 1.165) is 28.0 Å². The maximum absolute atomic E-state index is 13.2. The van der Waals surface area contributed by atoms with Crippen LogP contribution < -0.4 is 4.80 Å². The van der Waals surface area contributed by atoms with Crippen LogP contribution in [0.2, 0.25) is 10.0 Å². The first-order chi connectivity index (χ1) is 13.5. The van der Waals surface area contributed by atoms with Crippen LogP contribution in [0.4, 0.5) is 13.2 Å². The van der Waals surface area contributed by atoms with Gasteiger partial charge < -0.3 is 9.67 Å². The molecule has 2 aromatic carbocycles. The van der Waals surface area contributed by atoms with E-state index in [0.29, 0.717) is 5.02 Å². The van der Waals surface area contributed by atoms with Gasteiger partial charge in [0.2, 0.25) is 0 Å². The Hall–Kier alpha value is -2.36. The third kappa shape index (κ3) is 4.31. The zero-order valence-electron chi connectivity index (χ0n) is 14.5. The Kier molecular flexibility index (Phi) is 5.75. The van der Waals surface area contributed by atoms with E-state index in [1.165, 1.54) is 25.1 Å². The molecule has 0 spiro atoms. The zero-order valence-corrected chi connectivity index (χ0v) is 16.8. The SMILES string of the molecule is CC(C(=O)O)n1c(=NC(=O)c2cccc(Cl)c2)sc2c(Cl)cc(C(F)(F)F)cc21. The molecule has 0 aliphatic heterocycles. The zero-order chi connectivity index (χ0) is 21.5. The highest BCUT2D eigenvalue weighted by molar-refractivity contribution is 7.17. The molecule has 1 N–H and O–H groups in total. The summed E-state index contributed by atoms with van der Waals surface area (Å²) in [5.74, 6) is -2.03. The van der Waals surface area contributed by atoms with Gasteiger partial charge in [0.1, 0.15) is 6.04 Å². The summed E-state index contributed by atoms with van der Waals surface area (Å²) in [7, 11) is 0. The van der Waals surface area contributed by atoms with Crippen LogP contribution in [-0.4, -0.2) is 21.6 Å². The van der Waals surface area contributed by atoms with Crippen LogP contribution in [0, 0.1) is 0 Å². The summed E-state index contributed by atoms with van der Waals surface area (Å²) >= 11 is 12.7. The van der Waals surface area contributed by atoms with Crippen molar-refractivity contribution in [2.24, 2.45) is 4.99 Å². The van der Waals surface area contributed by atoms with Gasteiger partial charge in [-0.2, -0.15) is 18.2 Å². The molecule has 5 nitrogen and oxygen atoms in total. The number of carbonyl (C=O) groups is 2. The Morgan fingerprint density at radius 2 is 1.90 bits per heavy atom. The molecule has 1 heterocycles. The van der Waals surface area contributed by atoms with Crippen molar-refractivity contribution in [3.05, 3.63) is 62.4 Å². The third-order valence-electron chi connectivity index (χ3n) is 4.02. The highest BCUT2D eigenvalue weighted by Gasteiger charge is 2.32. The molecule has 0 aliphatic rings. The van der Waals surface area contributed by atoms with Gasteiger partial charge in [0, 0.05) is 10.6 Å². The van der Waals surface area contributed by atoms with Crippen LogP contribution in [0.25, 0.3) is 10.2 Å². The lowest BCUT2D eigenvalue weighted by Crippen LogP contribution is -2.25. The number of thiazole rings is 1. The van der Waals surface area contributed by atoms with Crippen LogP contribution in [0.5, 0.6) is 0 Å². The predicted octanol–water partition coefficient (Wildman–Crippen LogP) is 5.42. The van der Waals surface area contributed by atoms with Gasteiger partial charge in [0.15, 0.2) is 4.80 Å². The van der Waals surface area contributed by atoms with Crippen LogP contribution >= 0.6 is 34.5 Å².